The first-order valence-corrected chi connectivity index (χ1v) is 12.6. The van der Waals surface area contributed by atoms with Crippen LogP contribution in [0.4, 0.5) is 5.82 Å². The van der Waals surface area contributed by atoms with Crippen molar-refractivity contribution >= 4 is 28.3 Å². The summed E-state index contributed by atoms with van der Waals surface area (Å²) in [6, 6.07) is 10.1. The molecule has 1 fully saturated rings. The van der Waals surface area contributed by atoms with Crippen LogP contribution in [0.5, 0.6) is 0 Å². The first-order valence-electron chi connectivity index (χ1n) is 12.2. The number of hydrogen-bond donors (Lipinski definition) is 0. The van der Waals surface area contributed by atoms with Crippen molar-refractivity contribution in [1.29, 1.82) is 0 Å². The molecule has 0 N–H and O–H groups in total. The quantitative estimate of drug-likeness (QED) is 0.515. The molecule has 1 aliphatic heterocycles. The lowest BCUT2D eigenvalue weighted by atomic mass is 9.97. The molecule has 3 heterocycles. The summed E-state index contributed by atoms with van der Waals surface area (Å²) >= 11 is 6.09. The summed E-state index contributed by atoms with van der Waals surface area (Å²) in [6.45, 7) is 5.18. The van der Waals surface area contributed by atoms with Gasteiger partial charge in [-0.15, -0.1) is 0 Å². The zero-order valence-electron chi connectivity index (χ0n) is 19.4. The first kappa shape index (κ1) is 22.4. The zero-order chi connectivity index (χ0) is 22.8. The molecule has 0 atom stereocenters. The molecule has 6 nitrogen and oxygen atoms in total. The maximum Gasteiger partial charge on any atom is 0.256 e. The molecule has 1 saturated heterocycles. The lowest BCUT2D eigenvalue weighted by molar-refractivity contribution is 0.252. The summed E-state index contributed by atoms with van der Waals surface area (Å²) < 4.78 is 1.79. The van der Waals surface area contributed by atoms with E-state index in [1.54, 1.807) is 4.57 Å². The molecule has 0 amide bonds. The second-order valence-corrected chi connectivity index (χ2v) is 9.75. The number of rotatable bonds is 6. The number of piperazine rings is 1. The van der Waals surface area contributed by atoms with Crippen molar-refractivity contribution in [2.24, 2.45) is 7.05 Å². The molecule has 0 saturated carbocycles. The molecule has 1 aliphatic carbocycles. The predicted molar refractivity (Wildman–Crippen MR) is 134 cm³/mol. The Morgan fingerprint density at radius 2 is 1.79 bits per heavy atom. The van der Waals surface area contributed by atoms with E-state index in [1.165, 1.54) is 0 Å². The van der Waals surface area contributed by atoms with Gasteiger partial charge in [0, 0.05) is 55.6 Å². The number of hydrogen-bond acceptors (Lipinski definition) is 5. The van der Waals surface area contributed by atoms with Gasteiger partial charge in [0.15, 0.2) is 0 Å². The molecule has 0 spiro atoms. The Morgan fingerprint density at radius 3 is 2.64 bits per heavy atom. The Bertz CT molecular complexity index is 1200. The maximum absolute atomic E-state index is 12.6. The summed E-state index contributed by atoms with van der Waals surface area (Å²) in [6.07, 6.45) is 7.19. The Labute approximate surface area is 200 Å². The van der Waals surface area contributed by atoms with E-state index in [0.717, 1.165) is 116 Å². The van der Waals surface area contributed by atoms with Crippen molar-refractivity contribution in [2.45, 2.75) is 44.9 Å². The zero-order valence-corrected chi connectivity index (χ0v) is 20.2. The van der Waals surface area contributed by atoms with E-state index in [9.17, 15) is 4.79 Å². The van der Waals surface area contributed by atoms with Crippen LogP contribution in [0.15, 0.2) is 35.1 Å². The van der Waals surface area contributed by atoms with Gasteiger partial charge in [-0.25, -0.2) is 9.97 Å². The number of aryl methyl sites for hydroxylation is 2. The standard InChI is InChI=1S/C26H32ClN5O/c1-30-24(29-23-7-3-2-6-21(23)26(30)33)8-4-5-13-31-14-16-32(17-15-31)25-12-9-19-18-20(27)10-11-22(19)28-25/h9-12,18H,2-8,13-17H2,1H3. The average molecular weight is 466 g/mol. The summed E-state index contributed by atoms with van der Waals surface area (Å²) in [4.78, 5) is 27.2. The lowest BCUT2D eigenvalue weighted by Gasteiger charge is -2.35. The normalized spacial score (nSPS) is 16.8. The fourth-order valence-corrected chi connectivity index (χ4v) is 5.28. The van der Waals surface area contributed by atoms with Gasteiger partial charge in [-0.3, -0.25) is 14.3 Å². The highest BCUT2D eigenvalue weighted by Gasteiger charge is 2.19. The van der Waals surface area contributed by atoms with Crippen LogP contribution in [-0.4, -0.2) is 52.2 Å². The van der Waals surface area contributed by atoms with Crippen molar-refractivity contribution in [2.75, 3.05) is 37.6 Å². The van der Waals surface area contributed by atoms with Gasteiger partial charge in [-0.2, -0.15) is 0 Å². The third-order valence-corrected chi connectivity index (χ3v) is 7.35. The monoisotopic (exact) mass is 465 g/mol. The molecule has 174 valence electrons. The van der Waals surface area contributed by atoms with Crippen LogP contribution < -0.4 is 10.5 Å². The number of benzene rings is 1. The van der Waals surface area contributed by atoms with Crippen LogP contribution >= 0.6 is 11.6 Å². The van der Waals surface area contributed by atoms with Crippen molar-refractivity contribution in [3.8, 4) is 0 Å². The molecule has 2 aliphatic rings. The van der Waals surface area contributed by atoms with Crippen LogP contribution in [-0.2, 0) is 26.3 Å². The topological polar surface area (TPSA) is 54.3 Å². The van der Waals surface area contributed by atoms with Gasteiger partial charge >= 0.3 is 0 Å². The van der Waals surface area contributed by atoms with Gasteiger partial charge in [-0.1, -0.05) is 11.6 Å². The molecule has 0 radical (unpaired) electrons. The fourth-order valence-electron chi connectivity index (χ4n) is 5.10. The lowest BCUT2D eigenvalue weighted by Crippen LogP contribution is -2.46. The number of aromatic nitrogens is 3. The molecule has 2 aromatic heterocycles. The highest BCUT2D eigenvalue weighted by atomic mass is 35.5. The minimum atomic E-state index is 0.177. The van der Waals surface area contributed by atoms with Crippen LogP contribution in [0, 0.1) is 0 Å². The Morgan fingerprint density at radius 1 is 0.970 bits per heavy atom. The molecule has 0 bridgehead atoms. The van der Waals surface area contributed by atoms with Gasteiger partial charge < -0.3 is 4.90 Å². The summed E-state index contributed by atoms with van der Waals surface area (Å²) in [5.74, 6) is 2.00. The number of halogens is 1. The van der Waals surface area contributed by atoms with Crippen molar-refractivity contribution in [3.63, 3.8) is 0 Å². The SMILES string of the molecule is Cn1c(CCCCN2CCN(c3ccc4cc(Cl)ccc4n3)CC2)nc2c(c1=O)CCCC2. The molecule has 7 heteroatoms. The third-order valence-electron chi connectivity index (χ3n) is 7.11. The fraction of sp³-hybridized carbons (Fsp3) is 0.500. The maximum atomic E-state index is 12.6. The van der Waals surface area contributed by atoms with Crippen LogP contribution in [0.25, 0.3) is 10.9 Å². The Hall–Kier alpha value is -2.44. The highest BCUT2D eigenvalue weighted by molar-refractivity contribution is 6.31. The summed E-state index contributed by atoms with van der Waals surface area (Å²) in [7, 11) is 1.88. The second kappa shape index (κ2) is 9.82. The molecule has 33 heavy (non-hydrogen) atoms. The number of anilines is 1. The van der Waals surface area contributed by atoms with E-state index in [4.69, 9.17) is 21.6 Å². The van der Waals surface area contributed by atoms with Crippen molar-refractivity contribution in [1.82, 2.24) is 19.4 Å². The minimum absolute atomic E-state index is 0.177. The molecular weight excluding hydrogens is 434 g/mol. The highest BCUT2D eigenvalue weighted by Crippen LogP contribution is 2.22. The van der Waals surface area contributed by atoms with E-state index in [-0.39, 0.29) is 5.56 Å². The van der Waals surface area contributed by atoms with E-state index < -0.39 is 0 Å². The summed E-state index contributed by atoms with van der Waals surface area (Å²) in [5.41, 5.74) is 3.18. The van der Waals surface area contributed by atoms with Crippen molar-refractivity contribution in [3.05, 3.63) is 62.8 Å². The smallest absolute Gasteiger partial charge is 0.256 e. The molecule has 1 aromatic carbocycles. The van der Waals surface area contributed by atoms with Gasteiger partial charge in [0.25, 0.3) is 5.56 Å². The number of pyridine rings is 1. The van der Waals surface area contributed by atoms with Gasteiger partial charge in [0.05, 0.1) is 11.2 Å². The van der Waals surface area contributed by atoms with Gasteiger partial charge in [0.2, 0.25) is 0 Å². The molecule has 0 unspecified atom stereocenters. The molecule has 3 aromatic rings. The summed E-state index contributed by atoms with van der Waals surface area (Å²) in [5, 5.41) is 1.83. The van der Waals surface area contributed by atoms with Gasteiger partial charge in [-0.05, 0) is 75.4 Å². The average Bonchev–Trinajstić information content (AvgIpc) is 2.85. The van der Waals surface area contributed by atoms with Crippen LogP contribution in [0.3, 0.4) is 0 Å². The Balaban J connectivity index is 1.10. The number of unbranched alkanes of at least 4 members (excludes halogenated alkanes) is 1. The Kier molecular flexibility index (Phi) is 6.65. The predicted octanol–water partition coefficient (Wildman–Crippen LogP) is 4.01. The number of nitrogens with zero attached hydrogens (tertiary/aromatic N) is 5. The minimum Gasteiger partial charge on any atom is -0.354 e. The molecule has 5 rings (SSSR count). The third kappa shape index (κ3) is 4.92. The van der Waals surface area contributed by atoms with E-state index in [2.05, 4.69) is 21.9 Å². The van der Waals surface area contributed by atoms with E-state index >= 15 is 0 Å². The van der Waals surface area contributed by atoms with E-state index in [1.807, 2.05) is 25.2 Å². The first-order chi connectivity index (χ1) is 16.1. The van der Waals surface area contributed by atoms with Crippen molar-refractivity contribution < 1.29 is 0 Å². The number of fused-ring (bicyclic) bond motifs is 2. The largest absolute Gasteiger partial charge is 0.354 e. The van der Waals surface area contributed by atoms with Crippen LogP contribution in [0.2, 0.25) is 5.02 Å². The van der Waals surface area contributed by atoms with E-state index in [0.29, 0.717) is 0 Å². The second-order valence-electron chi connectivity index (χ2n) is 9.32. The van der Waals surface area contributed by atoms with Crippen LogP contribution in [0.1, 0.15) is 42.8 Å². The molecular formula is C26H32ClN5O. The van der Waals surface area contributed by atoms with Gasteiger partial charge in [0.1, 0.15) is 11.6 Å².